The van der Waals surface area contributed by atoms with Crippen LogP contribution in [-0.2, 0) is 18.3 Å². The number of ether oxygens (including phenoxy) is 3. The van der Waals surface area contributed by atoms with E-state index >= 15 is 0 Å². The molecule has 1 aromatic heterocycles. The van der Waals surface area contributed by atoms with E-state index < -0.39 is 0 Å². The fourth-order valence-corrected chi connectivity index (χ4v) is 4.77. The molecule has 2 saturated heterocycles. The number of hydrogen-bond donors (Lipinski definition) is 1. The number of methoxy groups -OCH3 is 1. The third-order valence-electron chi connectivity index (χ3n) is 6.58. The number of carbonyl (C=O) groups is 1. The summed E-state index contributed by atoms with van der Waals surface area (Å²) in [5.74, 6) is 1.47. The van der Waals surface area contributed by atoms with E-state index in [1.165, 1.54) is 5.56 Å². The van der Waals surface area contributed by atoms with Crippen molar-refractivity contribution in [2.45, 2.75) is 50.9 Å². The SMILES string of the molecule is CCOc1cc(CN2CCC3(CCC(CNC(=O)c4ccnn4C)O3)CC2)ccc1OC. The summed E-state index contributed by atoms with van der Waals surface area (Å²) >= 11 is 0. The number of nitrogens with one attached hydrogen (secondary N) is 1. The molecule has 1 unspecified atom stereocenters. The average Bonchev–Trinajstić information content (AvgIpc) is 3.41. The molecule has 174 valence electrons. The number of amides is 1. The molecule has 0 aliphatic carbocycles. The molecule has 8 heteroatoms. The van der Waals surface area contributed by atoms with Crippen molar-refractivity contribution >= 4 is 5.91 Å². The normalized spacial score (nSPS) is 20.4. The molecule has 4 rings (SSSR count). The van der Waals surface area contributed by atoms with E-state index in [1.807, 2.05) is 13.0 Å². The number of benzene rings is 1. The Kier molecular flexibility index (Phi) is 7.01. The Morgan fingerprint density at radius 2 is 2.06 bits per heavy atom. The summed E-state index contributed by atoms with van der Waals surface area (Å²) in [6.45, 7) is 6.04. The van der Waals surface area contributed by atoms with Gasteiger partial charge in [-0.15, -0.1) is 0 Å². The maximum Gasteiger partial charge on any atom is 0.269 e. The van der Waals surface area contributed by atoms with Gasteiger partial charge in [0.1, 0.15) is 5.69 Å². The van der Waals surface area contributed by atoms with Gasteiger partial charge in [-0.3, -0.25) is 14.4 Å². The van der Waals surface area contributed by atoms with Crippen molar-refractivity contribution in [1.82, 2.24) is 20.0 Å². The number of piperidine rings is 1. The van der Waals surface area contributed by atoms with Crippen molar-refractivity contribution in [3.8, 4) is 11.5 Å². The van der Waals surface area contributed by atoms with Gasteiger partial charge in [0.15, 0.2) is 11.5 Å². The highest BCUT2D eigenvalue weighted by atomic mass is 16.5. The van der Waals surface area contributed by atoms with Gasteiger partial charge in [0.05, 0.1) is 25.4 Å². The molecule has 2 fully saturated rings. The lowest BCUT2D eigenvalue weighted by atomic mass is 9.88. The molecule has 1 atom stereocenters. The predicted octanol–water partition coefficient (Wildman–Crippen LogP) is 2.77. The van der Waals surface area contributed by atoms with Gasteiger partial charge in [0.2, 0.25) is 0 Å². The predicted molar refractivity (Wildman–Crippen MR) is 121 cm³/mol. The maximum atomic E-state index is 12.3. The maximum absolute atomic E-state index is 12.3. The molecule has 1 amide bonds. The van der Waals surface area contributed by atoms with E-state index in [9.17, 15) is 4.79 Å². The Morgan fingerprint density at radius 3 is 2.75 bits per heavy atom. The highest BCUT2D eigenvalue weighted by Gasteiger charge is 2.42. The zero-order chi connectivity index (χ0) is 22.6. The Bertz CT molecular complexity index is 920. The second-order valence-electron chi connectivity index (χ2n) is 8.71. The molecule has 2 aromatic rings. The number of likely N-dealkylation sites (tertiary alicyclic amines) is 1. The first-order chi connectivity index (χ1) is 15.5. The summed E-state index contributed by atoms with van der Waals surface area (Å²) in [5, 5.41) is 7.05. The smallest absolute Gasteiger partial charge is 0.269 e. The van der Waals surface area contributed by atoms with Gasteiger partial charge >= 0.3 is 0 Å². The molecule has 0 bridgehead atoms. The fourth-order valence-electron chi connectivity index (χ4n) is 4.77. The summed E-state index contributed by atoms with van der Waals surface area (Å²) in [7, 11) is 3.44. The van der Waals surface area contributed by atoms with Crippen molar-refractivity contribution in [1.29, 1.82) is 0 Å². The lowest BCUT2D eigenvalue weighted by Crippen LogP contribution is -2.44. The van der Waals surface area contributed by atoms with Crippen LogP contribution in [0.5, 0.6) is 11.5 Å². The number of rotatable bonds is 8. The Balaban J connectivity index is 1.25. The first kappa shape index (κ1) is 22.6. The zero-order valence-electron chi connectivity index (χ0n) is 19.3. The number of hydrogen-bond acceptors (Lipinski definition) is 6. The molecule has 1 spiro atoms. The molecule has 8 nitrogen and oxygen atoms in total. The lowest BCUT2D eigenvalue weighted by Gasteiger charge is -2.39. The van der Waals surface area contributed by atoms with E-state index in [4.69, 9.17) is 14.2 Å². The van der Waals surface area contributed by atoms with Gasteiger partial charge in [-0.25, -0.2) is 0 Å². The molecule has 0 saturated carbocycles. The second-order valence-corrected chi connectivity index (χ2v) is 8.71. The molecule has 1 aromatic carbocycles. The summed E-state index contributed by atoms with van der Waals surface area (Å²) in [5.41, 5.74) is 1.75. The van der Waals surface area contributed by atoms with Crippen LogP contribution in [0, 0.1) is 0 Å². The molecule has 32 heavy (non-hydrogen) atoms. The molecular weight excluding hydrogens is 408 g/mol. The molecule has 2 aliphatic heterocycles. The van der Waals surface area contributed by atoms with Gasteiger partial charge in [-0.2, -0.15) is 5.10 Å². The summed E-state index contributed by atoms with van der Waals surface area (Å²) in [6.07, 6.45) is 5.80. The first-order valence-corrected chi connectivity index (χ1v) is 11.5. The van der Waals surface area contributed by atoms with Crippen LogP contribution in [0.3, 0.4) is 0 Å². The number of aryl methyl sites for hydroxylation is 1. The van der Waals surface area contributed by atoms with E-state index in [2.05, 4.69) is 27.4 Å². The van der Waals surface area contributed by atoms with Crippen molar-refractivity contribution < 1.29 is 19.0 Å². The number of carbonyl (C=O) groups excluding carboxylic acids is 1. The Morgan fingerprint density at radius 1 is 1.25 bits per heavy atom. The van der Waals surface area contributed by atoms with Crippen molar-refractivity contribution in [3.05, 3.63) is 41.7 Å². The third kappa shape index (κ3) is 5.07. The lowest BCUT2D eigenvalue weighted by molar-refractivity contribution is -0.0764. The first-order valence-electron chi connectivity index (χ1n) is 11.5. The van der Waals surface area contributed by atoms with E-state index in [0.29, 0.717) is 18.8 Å². The van der Waals surface area contributed by atoms with Gasteiger partial charge in [0, 0.05) is 39.4 Å². The fraction of sp³-hybridized carbons (Fsp3) is 0.583. The van der Waals surface area contributed by atoms with Crippen LogP contribution in [0.1, 0.15) is 48.7 Å². The van der Waals surface area contributed by atoms with Gasteiger partial charge in [-0.1, -0.05) is 6.07 Å². The topological polar surface area (TPSA) is 77.9 Å². The minimum Gasteiger partial charge on any atom is -0.493 e. The van der Waals surface area contributed by atoms with Gasteiger partial charge in [0.25, 0.3) is 5.91 Å². The number of aromatic nitrogens is 2. The van der Waals surface area contributed by atoms with Crippen LogP contribution in [0.2, 0.25) is 0 Å². The van der Waals surface area contributed by atoms with Crippen LogP contribution < -0.4 is 14.8 Å². The highest BCUT2D eigenvalue weighted by molar-refractivity contribution is 5.92. The van der Waals surface area contributed by atoms with Crippen LogP contribution in [0.4, 0.5) is 0 Å². The average molecular weight is 443 g/mol. The summed E-state index contributed by atoms with van der Waals surface area (Å²) in [6, 6.07) is 7.90. The second kappa shape index (κ2) is 9.92. The minimum atomic E-state index is -0.102. The third-order valence-corrected chi connectivity index (χ3v) is 6.58. The van der Waals surface area contributed by atoms with Gasteiger partial charge < -0.3 is 19.5 Å². The van der Waals surface area contributed by atoms with Crippen molar-refractivity contribution in [2.75, 3.05) is 33.4 Å². The van der Waals surface area contributed by atoms with Crippen LogP contribution in [0.25, 0.3) is 0 Å². The largest absolute Gasteiger partial charge is 0.493 e. The quantitative estimate of drug-likeness (QED) is 0.677. The molecular formula is C24H34N4O4. The van der Waals surface area contributed by atoms with Crippen LogP contribution in [-0.4, -0.2) is 65.6 Å². The van der Waals surface area contributed by atoms with Crippen LogP contribution in [0.15, 0.2) is 30.5 Å². The minimum absolute atomic E-state index is 0.0468. The monoisotopic (exact) mass is 442 g/mol. The van der Waals surface area contributed by atoms with Crippen molar-refractivity contribution in [2.24, 2.45) is 7.05 Å². The van der Waals surface area contributed by atoms with Crippen LogP contribution >= 0.6 is 0 Å². The number of nitrogens with zero attached hydrogens (tertiary/aromatic N) is 3. The molecule has 2 aliphatic rings. The summed E-state index contributed by atoms with van der Waals surface area (Å²) in [4.78, 5) is 14.8. The standard InChI is InChI=1S/C24H34N4O4/c1-4-31-22-15-18(5-6-21(22)30-3)17-28-13-10-24(11-14-28)9-7-19(32-24)16-25-23(29)20-8-12-26-27(20)2/h5-6,8,12,15,19H,4,7,9-11,13-14,16-17H2,1-3H3,(H,25,29). The van der Waals surface area contributed by atoms with Gasteiger partial charge in [-0.05, 0) is 56.4 Å². The van der Waals surface area contributed by atoms with E-state index in [1.54, 1.807) is 31.1 Å². The van der Waals surface area contributed by atoms with Crippen molar-refractivity contribution in [3.63, 3.8) is 0 Å². The molecule has 3 heterocycles. The Hall–Kier alpha value is -2.58. The zero-order valence-corrected chi connectivity index (χ0v) is 19.3. The highest BCUT2D eigenvalue weighted by Crippen LogP contribution is 2.39. The molecule has 0 radical (unpaired) electrons. The molecule has 1 N–H and O–H groups in total. The Labute approximate surface area is 189 Å². The summed E-state index contributed by atoms with van der Waals surface area (Å²) < 4.78 is 19.2. The van der Waals surface area contributed by atoms with E-state index in [-0.39, 0.29) is 17.6 Å². The van der Waals surface area contributed by atoms with E-state index in [0.717, 1.165) is 56.8 Å².